The van der Waals surface area contributed by atoms with Crippen LogP contribution in [0, 0.1) is 17.0 Å². The summed E-state index contributed by atoms with van der Waals surface area (Å²) in [4.78, 5) is 2.06. The summed E-state index contributed by atoms with van der Waals surface area (Å²) in [5.41, 5.74) is 4.56. The Bertz CT molecular complexity index is 821. The Morgan fingerprint density at radius 1 is 1.12 bits per heavy atom. The summed E-state index contributed by atoms with van der Waals surface area (Å²) in [6.45, 7) is 5.68. The summed E-state index contributed by atoms with van der Waals surface area (Å²) < 4.78 is 27.4. The Labute approximate surface area is 152 Å². The quantitative estimate of drug-likeness (QED) is 0.595. The molecule has 1 aliphatic rings. The molecule has 0 atom stereocenters. The van der Waals surface area contributed by atoms with Crippen LogP contribution in [0.4, 0.5) is 14.5 Å². The van der Waals surface area contributed by atoms with Crippen LogP contribution in [0.15, 0.2) is 48.0 Å². The molecule has 0 aromatic heterocycles. The summed E-state index contributed by atoms with van der Waals surface area (Å²) in [5, 5.41) is 10.9. The van der Waals surface area contributed by atoms with Gasteiger partial charge in [-0.3, -0.25) is 5.41 Å². The molecule has 2 aromatic carbocycles. The predicted molar refractivity (Wildman–Crippen MR) is 102 cm³/mol. The molecule has 0 aliphatic carbocycles. The largest absolute Gasteiger partial charge is 0.381 e. The van der Waals surface area contributed by atoms with Gasteiger partial charge in [0.05, 0.1) is 5.84 Å². The van der Waals surface area contributed by atoms with E-state index < -0.39 is 11.6 Å². The Morgan fingerprint density at radius 2 is 1.77 bits per heavy atom. The number of halogens is 2. The maximum Gasteiger partial charge on any atom is 0.131 e. The van der Waals surface area contributed by atoms with Gasteiger partial charge in [-0.15, -0.1) is 0 Å². The van der Waals surface area contributed by atoms with Crippen LogP contribution in [0.2, 0.25) is 0 Å². The second kappa shape index (κ2) is 7.68. The van der Waals surface area contributed by atoms with Crippen molar-refractivity contribution in [3.8, 4) is 0 Å². The van der Waals surface area contributed by atoms with E-state index in [1.54, 1.807) is 0 Å². The molecule has 136 valence electrons. The minimum atomic E-state index is -0.542. The molecule has 0 unspecified atom stereocenters. The molecule has 0 amide bonds. The van der Waals surface area contributed by atoms with E-state index in [1.165, 1.54) is 29.3 Å². The van der Waals surface area contributed by atoms with Gasteiger partial charge in [-0.05, 0) is 55.7 Å². The van der Waals surface area contributed by atoms with Crippen LogP contribution >= 0.6 is 0 Å². The van der Waals surface area contributed by atoms with E-state index in [9.17, 15) is 8.78 Å². The minimum Gasteiger partial charge on any atom is -0.381 e. The van der Waals surface area contributed by atoms with Crippen molar-refractivity contribution in [3.63, 3.8) is 0 Å². The van der Waals surface area contributed by atoms with Gasteiger partial charge in [0.1, 0.15) is 11.6 Å². The van der Waals surface area contributed by atoms with Crippen molar-refractivity contribution in [2.45, 2.75) is 26.8 Å². The average molecular weight is 355 g/mol. The molecule has 3 rings (SSSR count). The fraction of sp³-hybridized carbons (Fsp3) is 0.286. The van der Waals surface area contributed by atoms with Crippen molar-refractivity contribution in [1.29, 1.82) is 5.41 Å². The fourth-order valence-electron chi connectivity index (χ4n) is 3.16. The van der Waals surface area contributed by atoms with Gasteiger partial charge in [0, 0.05) is 30.9 Å². The summed E-state index contributed by atoms with van der Waals surface area (Å²) in [6.07, 6.45) is 0.956. The zero-order valence-electron chi connectivity index (χ0n) is 15.1. The van der Waals surface area contributed by atoms with Gasteiger partial charge in [0.15, 0.2) is 0 Å². The van der Waals surface area contributed by atoms with Crippen molar-refractivity contribution < 1.29 is 8.78 Å². The van der Waals surface area contributed by atoms with Crippen molar-refractivity contribution >= 4 is 17.1 Å². The first-order valence-corrected chi connectivity index (χ1v) is 8.71. The first-order chi connectivity index (χ1) is 12.5. The van der Waals surface area contributed by atoms with Crippen LogP contribution in [0.25, 0.3) is 5.57 Å². The normalized spacial score (nSPS) is 14.5. The summed E-state index contributed by atoms with van der Waals surface area (Å²) in [5.74, 6) is -0.501. The molecule has 0 radical (unpaired) electrons. The number of nitrogens with one attached hydrogen (secondary N) is 2. The van der Waals surface area contributed by atoms with Gasteiger partial charge in [0.2, 0.25) is 0 Å². The van der Waals surface area contributed by atoms with E-state index >= 15 is 0 Å². The van der Waals surface area contributed by atoms with Crippen LogP contribution in [0.3, 0.4) is 0 Å². The third-order valence-electron chi connectivity index (χ3n) is 4.86. The van der Waals surface area contributed by atoms with E-state index in [0.717, 1.165) is 30.8 Å². The zero-order chi connectivity index (χ0) is 18.7. The van der Waals surface area contributed by atoms with E-state index in [1.807, 2.05) is 31.2 Å². The topological polar surface area (TPSA) is 39.1 Å². The highest BCUT2D eigenvalue weighted by molar-refractivity contribution is 5.81. The van der Waals surface area contributed by atoms with Crippen molar-refractivity contribution in [1.82, 2.24) is 4.90 Å². The van der Waals surface area contributed by atoms with Crippen LogP contribution in [-0.4, -0.2) is 23.8 Å². The Hall–Kier alpha value is -2.69. The van der Waals surface area contributed by atoms with Crippen molar-refractivity contribution in [2.75, 3.05) is 18.4 Å². The maximum absolute atomic E-state index is 13.7. The van der Waals surface area contributed by atoms with E-state index in [2.05, 4.69) is 17.1 Å². The molecule has 0 spiro atoms. The third kappa shape index (κ3) is 3.93. The molecule has 2 N–H and O–H groups in total. The van der Waals surface area contributed by atoms with Crippen molar-refractivity contribution in [3.05, 3.63) is 70.8 Å². The first-order valence-electron chi connectivity index (χ1n) is 8.71. The van der Waals surface area contributed by atoms with Gasteiger partial charge in [-0.2, -0.15) is 0 Å². The maximum atomic E-state index is 13.7. The molecule has 0 bridgehead atoms. The highest BCUT2D eigenvalue weighted by Gasteiger charge is 2.18. The Morgan fingerprint density at radius 3 is 2.38 bits per heavy atom. The van der Waals surface area contributed by atoms with E-state index in [-0.39, 0.29) is 12.1 Å². The molecule has 2 aromatic rings. The number of nitrogens with zero attached hydrogens (tertiary/aromatic N) is 1. The predicted octanol–water partition coefficient (Wildman–Crippen LogP) is 5.05. The number of rotatable bonds is 4. The standard InChI is InChI=1S/C21H23F2N3/c1-14-10-11-26(15(2)24)13-19(14)16-6-8-17(9-7-16)25-12-18-20(22)4-3-5-21(18)23/h3-9,24-25H,10-13H2,1-2H3. The lowest BCUT2D eigenvalue weighted by Gasteiger charge is -2.31. The Balaban J connectivity index is 1.71. The third-order valence-corrected chi connectivity index (χ3v) is 4.86. The second-order valence-electron chi connectivity index (χ2n) is 6.65. The van der Waals surface area contributed by atoms with Crippen LogP contribution in [0.1, 0.15) is 31.4 Å². The number of benzene rings is 2. The van der Waals surface area contributed by atoms with E-state index in [0.29, 0.717) is 5.84 Å². The highest BCUT2D eigenvalue weighted by atomic mass is 19.1. The Kier molecular flexibility index (Phi) is 5.35. The monoisotopic (exact) mass is 355 g/mol. The number of hydrogen-bond acceptors (Lipinski definition) is 2. The lowest BCUT2D eigenvalue weighted by Crippen LogP contribution is -2.34. The van der Waals surface area contributed by atoms with Crippen molar-refractivity contribution in [2.24, 2.45) is 0 Å². The molecule has 5 heteroatoms. The molecule has 1 heterocycles. The second-order valence-corrected chi connectivity index (χ2v) is 6.65. The molecular formula is C21H23F2N3. The summed E-state index contributed by atoms with van der Waals surface area (Å²) in [6, 6.07) is 11.8. The van der Waals surface area contributed by atoms with Gasteiger partial charge < -0.3 is 10.2 Å². The smallest absolute Gasteiger partial charge is 0.131 e. The van der Waals surface area contributed by atoms with Gasteiger partial charge in [-0.1, -0.05) is 23.8 Å². The summed E-state index contributed by atoms with van der Waals surface area (Å²) >= 11 is 0. The van der Waals surface area contributed by atoms with Crippen LogP contribution in [0.5, 0.6) is 0 Å². The van der Waals surface area contributed by atoms with Crippen LogP contribution in [-0.2, 0) is 6.54 Å². The number of anilines is 1. The SMILES string of the molecule is CC(=N)N1CCC(C)=C(c2ccc(NCc3c(F)cccc3F)cc2)C1. The van der Waals surface area contributed by atoms with Crippen LogP contribution < -0.4 is 5.32 Å². The lowest BCUT2D eigenvalue weighted by molar-refractivity contribution is 0.448. The van der Waals surface area contributed by atoms with Gasteiger partial charge in [0.25, 0.3) is 0 Å². The molecule has 26 heavy (non-hydrogen) atoms. The zero-order valence-corrected chi connectivity index (χ0v) is 15.1. The van der Waals surface area contributed by atoms with Gasteiger partial charge in [-0.25, -0.2) is 8.78 Å². The lowest BCUT2D eigenvalue weighted by atomic mass is 9.94. The fourth-order valence-corrected chi connectivity index (χ4v) is 3.16. The van der Waals surface area contributed by atoms with E-state index in [4.69, 9.17) is 5.41 Å². The molecule has 3 nitrogen and oxygen atoms in total. The minimum absolute atomic E-state index is 0.0412. The molecule has 0 fully saturated rings. The van der Waals surface area contributed by atoms with Gasteiger partial charge >= 0.3 is 0 Å². The molecule has 0 saturated heterocycles. The number of amidine groups is 1. The molecular weight excluding hydrogens is 332 g/mol. The number of hydrogen-bond donors (Lipinski definition) is 2. The summed E-state index contributed by atoms with van der Waals surface area (Å²) in [7, 11) is 0. The highest BCUT2D eigenvalue weighted by Crippen LogP contribution is 2.27. The molecule has 1 aliphatic heterocycles. The molecule has 0 saturated carbocycles. The average Bonchev–Trinajstić information content (AvgIpc) is 2.62. The first kappa shape index (κ1) is 18.1.